The third kappa shape index (κ3) is 2.48. The summed E-state index contributed by atoms with van der Waals surface area (Å²) in [6.07, 6.45) is 6.24. The van der Waals surface area contributed by atoms with Crippen molar-refractivity contribution in [3.05, 3.63) is 47.3 Å². The highest BCUT2D eigenvalue weighted by Crippen LogP contribution is 2.32. The van der Waals surface area contributed by atoms with E-state index in [4.69, 9.17) is 5.73 Å². The van der Waals surface area contributed by atoms with E-state index in [1.807, 2.05) is 29.0 Å². The topological polar surface area (TPSA) is 109 Å². The van der Waals surface area contributed by atoms with Crippen LogP contribution in [0.3, 0.4) is 0 Å². The van der Waals surface area contributed by atoms with Crippen LogP contribution in [-0.2, 0) is 0 Å². The van der Waals surface area contributed by atoms with Crippen LogP contribution >= 0.6 is 0 Å². The largest absolute Gasteiger partial charge is 0.397 e. The first-order valence-electron chi connectivity index (χ1n) is 9.14. The monoisotopic (exact) mass is 363 g/mol. The molecule has 1 aliphatic rings. The van der Waals surface area contributed by atoms with Crippen LogP contribution in [0.5, 0.6) is 0 Å². The van der Waals surface area contributed by atoms with E-state index in [2.05, 4.69) is 31.8 Å². The minimum absolute atomic E-state index is 0.0415. The molecule has 4 aromatic rings. The zero-order valence-corrected chi connectivity index (χ0v) is 15.0. The smallest absolute Gasteiger partial charge is 0.326 e. The second kappa shape index (κ2) is 5.87. The lowest BCUT2D eigenvalue weighted by molar-refractivity contribution is 0.299. The molecule has 0 saturated carbocycles. The van der Waals surface area contributed by atoms with E-state index in [0.29, 0.717) is 11.6 Å². The van der Waals surface area contributed by atoms with Gasteiger partial charge in [0.15, 0.2) is 0 Å². The SMILES string of the molecule is CC1CCN(c2ccc(N)cn2)CC1n1c(=O)[nH]c2cnc3[nH]ccc3c21. The minimum Gasteiger partial charge on any atom is -0.397 e. The molecule has 5 heterocycles. The van der Waals surface area contributed by atoms with Gasteiger partial charge in [-0.3, -0.25) is 4.57 Å². The van der Waals surface area contributed by atoms with Gasteiger partial charge in [-0.2, -0.15) is 0 Å². The molecule has 5 rings (SSSR count). The molecule has 2 atom stereocenters. The molecular weight excluding hydrogens is 342 g/mol. The van der Waals surface area contributed by atoms with Crippen molar-refractivity contribution in [1.82, 2.24) is 24.5 Å². The summed E-state index contributed by atoms with van der Waals surface area (Å²) in [4.78, 5) is 30.0. The number of nitrogen functional groups attached to an aromatic ring is 1. The maximum absolute atomic E-state index is 12.9. The molecule has 0 bridgehead atoms. The highest BCUT2D eigenvalue weighted by molar-refractivity contribution is 6.00. The molecule has 8 nitrogen and oxygen atoms in total. The van der Waals surface area contributed by atoms with Gasteiger partial charge in [0.2, 0.25) is 0 Å². The average molecular weight is 363 g/mol. The summed E-state index contributed by atoms with van der Waals surface area (Å²) < 4.78 is 1.90. The Morgan fingerprint density at radius 3 is 2.93 bits per heavy atom. The third-order valence-electron chi connectivity index (χ3n) is 5.60. The van der Waals surface area contributed by atoms with Crippen LogP contribution in [0.15, 0.2) is 41.6 Å². The molecule has 27 heavy (non-hydrogen) atoms. The summed E-state index contributed by atoms with van der Waals surface area (Å²) in [6, 6.07) is 5.82. The van der Waals surface area contributed by atoms with Gasteiger partial charge in [-0.25, -0.2) is 14.8 Å². The van der Waals surface area contributed by atoms with Crippen LogP contribution in [-0.4, -0.2) is 37.6 Å². The van der Waals surface area contributed by atoms with Crippen molar-refractivity contribution >= 4 is 33.6 Å². The average Bonchev–Trinajstić information content (AvgIpc) is 3.26. The number of nitrogens with one attached hydrogen (secondary N) is 2. The number of aromatic nitrogens is 5. The Balaban J connectivity index is 1.62. The summed E-state index contributed by atoms with van der Waals surface area (Å²) in [5, 5.41) is 0.959. The van der Waals surface area contributed by atoms with Crippen molar-refractivity contribution < 1.29 is 0 Å². The van der Waals surface area contributed by atoms with Gasteiger partial charge in [-0.1, -0.05) is 6.92 Å². The predicted octanol–water partition coefficient (Wildman–Crippen LogP) is 2.27. The van der Waals surface area contributed by atoms with E-state index in [1.54, 1.807) is 12.4 Å². The number of hydrogen-bond donors (Lipinski definition) is 3. The number of aromatic amines is 2. The first kappa shape index (κ1) is 15.9. The van der Waals surface area contributed by atoms with E-state index < -0.39 is 0 Å². The molecule has 4 aromatic heterocycles. The molecule has 0 spiro atoms. The van der Waals surface area contributed by atoms with Crippen LogP contribution in [0.4, 0.5) is 11.5 Å². The van der Waals surface area contributed by atoms with Gasteiger partial charge >= 0.3 is 5.69 Å². The predicted molar refractivity (Wildman–Crippen MR) is 106 cm³/mol. The second-order valence-electron chi connectivity index (χ2n) is 7.29. The number of imidazole rings is 1. The van der Waals surface area contributed by atoms with Gasteiger partial charge in [0, 0.05) is 24.7 Å². The molecule has 1 fully saturated rings. The molecule has 138 valence electrons. The summed E-state index contributed by atoms with van der Waals surface area (Å²) in [5.74, 6) is 1.26. The Morgan fingerprint density at radius 1 is 1.22 bits per heavy atom. The molecule has 0 aromatic carbocycles. The lowest BCUT2D eigenvalue weighted by atomic mass is 9.93. The number of rotatable bonds is 2. The highest BCUT2D eigenvalue weighted by Gasteiger charge is 2.31. The summed E-state index contributed by atoms with van der Waals surface area (Å²) in [7, 11) is 0. The fourth-order valence-corrected chi connectivity index (χ4v) is 4.12. The van der Waals surface area contributed by atoms with Crippen LogP contribution in [0, 0.1) is 5.92 Å². The van der Waals surface area contributed by atoms with Crippen LogP contribution in [0.25, 0.3) is 22.1 Å². The maximum Gasteiger partial charge on any atom is 0.326 e. The molecular formula is C19H21N7O. The number of nitrogens with zero attached hydrogens (tertiary/aromatic N) is 4. The van der Waals surface area contributed by atoms with Crippen molar-refractivity contribution in [2.45, 2.75) is 19.4 Å². The molecule has 2 unspecified atom stereocenters. The Morgan fingerprint density at radius 2 is 2.11 bits per heavy atom. The molecule has 0 amide bonds. The second-order valence-corrected chi connectivity index (χ2v) is 7.29. The van der Waals surface area contributed by atoms with Gasteiger partial charge < -0.3 is 20.6 Å². The van der Waals surface area contributed by atoms with E-state index in [1.165, 1.54) is 0 Å². The van der Waals surface area contributed by atoms with Crippen LogP contribution < -0.4 is 16.3 Å². The number of nitrogens with two attached hydrogens (primary N) is 1. The fourth-order valence-electron chi connectivity index (χ4n) is 4.12. The Hall–Kier alpha value is -3.29. The van der Waals surface area contributed by atoms with Crippen LogP contribution in [0.2, 0.25) is 0 Å². The Labute approximate surface area is 155 Å². The molecule has 1 saturated heterocycles. The third-order valence-corrected chi connectivity index (χ3v) is 5.60. The number of piperidine rings is 1. The first-order valence-corrected chi connectivity index (χ1v) is 9.14. The zero-order chi connectivity index (χ0) is 18.5. The van der Waals surface area contributed by atoms with Crippen molar-refractivity contribution in [2.24, 2.45) is 5.92 Å². The standard InChI is InChI=1S/C19H21N7O/c1-11-5-7-25(16-3-2-12(20)8-22-16)10-15(11)26-17-13-4-6-21-18(13)23-9-14(17)24-19(26)27/h2-4,6,8-9,11,15H,5,7,10,20H2,1H3,(H,21,23)(H,24,27). The van der Waals surface area contributed by atoms with Gasteiger partial charge in [-0.15, -0.1) is 0 Å². The molecule has 8 heteroatoms. The van der Waals surface area contributed by atoms with E-state index in [0.717, 1.165) is 47.4 Å². The van der Waals surface area contributed by atoms with Crippen molar-refractivity contribution in [3.63, 3.8) is 0 Å². The van der Waals surface area contributed by atoms with E-state index in [-0.39, 0.29) is 11.7 Å². The molecule has 1 aliphatic heterocycles. The summed E-state index contributed by atoms with van der Waals surface area (Å²) >= 11 is 0. The van der Waals surface area contributed by atoms with Gasteiger partial charge in [0.25, 0.3) is 0 Å². The number of fused-ring (bicyclic) bond motifs is 3. The van der Waals surface area contributed by atoms with Gasteiger partial charge in [-0.05, 0) is 30.5 Å². The quantitative estimate of drug-likeness (QED) is 0.506. The first-order chi connectivity index (χ1) is 13.1. The Bertz CT molecular complexity index is 1170. The normalized spacial score (nSPS) is 20.6. The van der Waals surface area contributed by atoms with Crippen LogP contribution in [0.1, 0.15) is 19.4 Å². The molecule has 0 aliphatic carbocycles. The number of H-pyrrole nitrogens is 2. The summed E-state index contributed by atoms with van der Waals surface area (Å²) in [5.41, 5.74) is 8.79. The lowest BCUT2D eigenvalue weighted by Crippen LogP contribution is -2.43. The highest BCUT2D eigenvalue weighted by atomic mass is 16.1. The lowest BCUT2D eigenvalue weighted by Gasteiger charge is -2.38. The summed E-state index contributed by atoms with van der Waals surface area (Å²) in [6.45, 7) is 3.84. The number of anilines is 2. The van der Waals surface area contributed by atoms with Crippen molar-refractivity contribution in [2.75, 3.05) is 23.7 Å². The maximum atomic E-state index is 12.9. The van der Waals surface area contributed by atoms with Crippen molar-refractivity contribution in [1.29, 1.82) is 0 Å². The number of pyridine rings is 2. The van der Waals surface area contributed by atoms with Gasteiger partial charge in [0.1, 0.15) is 11.5 Å². The van der Waals surface area contributed by atoms with Crippen molar-refractivity contribution in [3.8, 4) is 0 Å². The van der Waals surface area contributed by atoms with Gasteiger partial charge in [0.05, 0.1) is 35.2 Å². The van der Waals surface area contributed by atoms with E-state index >= 15 is 0 Å². The molecule has 4 N–H and O–H groups in total. The minimum atomic E-state index is -0.0931. The number of hydrogen-bond acceptors (Lipinski definition) is 5. The fraction of sp³-hybridized carbons (Fsp3) is 0.316. The molecule has 0 radical (unpaired) electrons. The Kier molecular flexibility index (Phi) is 3.46. The zero-order valence-electron chi connectivity index (χ0n) is 15.0. The van der Waals surface area contributed by atoms with E-state index in [9.17, 15) is 4.79 Å².